The Morgan fingerprint density at radius 2 is 1.95 bits per heavy atom. The lowest BCUT2D eigenvalue weighted by Crippen LogP contribution is -2.54. The number of aliphatic hydroxyl groups excluding tert-OH is 1. The molecule has 1 unspecified atom stereocenters. The first kappa shape index (κ1) is 14.4. The number of nitrogens with zero attached hydrogens (tertiary/aromatic N) is 1. The van der Waals surface area contributed by atoms with Crippen molar-refractivity contribution in [3.05, 3.63) is 29.8 Å². The van der Waals surface area contributed by atoms with Gasteiger partial charge in [-0.15, -0.1) is 0 Å². The molecular formula is C16H26N2O. The Labute approximate surface area is 116 Å². The minimum absolute atomic E-state index is 0.168. The van der Waals surface area contributed by atoms with E-state index in [2.05, 4.69) is 55.4 Å². The molecule has 3 nitrogen and oxygen atoms in total. The minimum atomic E-state index is -0.223. The first-order valence-corrected chi connectivity index (χ1v) is 7.25. The number of aryl methyl sites for hydroxylation is 1. The lowest BCUT2D eigenvalue weighted by molar-refractivity contribution is 0.177. The Morgan fingerprint density at radius 3 is 2.42 bits per heavy atom. The third kappa shape index (κ3) is 3.95. The Kier molecular flexibility index (Phi) is 4.48. The summed E-state index contributed by atoms with van der Waals surface area (Å²) in [5.41, 5.74) is 2.34. The molecule has 19 heavy (non-hydrogen) atoms. The summed E-state index contributed by atoms with van der Waals surface area (Å²) in [5, 5.41) is 13.2. The Bertz CT molecular complexity index is 400. The second kappa shape index (κ2) is 5.93. The van der Waals surface area contributed by atoms with Crippen molar-refractivity contribution in [2.45, 2.75) is 44.7 Å². The third-order valence-corrected chi connectivity index (χ3v) is 3.85. The molecule has 1 aromatic rings. The van der Waals surface area contributed by atoms with Gasteiger partial charge < -0.3 is 15.3 Å². The van der Waals surface area contributed by atoms with Crippen molar-refractivity contribution in [2.75, 3.05) is 25.1 Å². The molecule has 0 saturated heterocycles. The fourth-order valence-electron chi connectivity index (χ4n) is 2.46. The summed E-state index contributed by atoms with van der Waals surface area (Å²) in [6.07, 6.45) is 3.55. The van der Waals surface area contributed by atoms with Gasteiger partial charge in [-0.2, -0.15) is 0 Å². The van der Waals surface area contributed by atoms with Crippen LogP contribution in [-0.2, 0) is 6.42 Å². The molecule has 1 aliphatic rings. The van der Waals surface area contributed by atoms with E-state index in [0.29, 0.717) is 6.04 Å². The van der Waals surface area contributed by atoms with Gasteiger partial charge >= 0.3 is 0 Å². The number of hydrogen-bond acceptors (Lipinski definition) is 3. The largest absolute Gasteiger partial charge is 0.394 e. The molecule has 0 amide bonds. The van der Waals surface area contributed by atoms with E-state index < -0.39 is 0 Å². The summed E-state index contributed by atoms with van der Waals surface area (Å²) < 4.78 is 0. The maximum absolute atomic E-state index is 9.65. The van der Waals surface area contributed by atoms with Crippen LogP contribution in [0.1, 0.15) is 32.3 Å². The normalized spacial score (nSPS) is 18.1. The van der Waals surface area contributed by atoms with Crippen molar-refractivity contribution in [3.8, 4) is 0 Å². The van der Waals surface area contributed by atoms with Crippen LogP contribution in [0.3, 0.4) is 0 Å². The van der Waals surface area contributed by atoms with Gasteiger partial charge in [0.25, 0.3) is 0 Å². The van der Waals surface area contributed by atoms with Crippen LogP contribution in [0.4, 0.5) is 5.69 Å². The van der Waals surface area contributed by atoms with Crippen LogP contribution in [0.2, 0.25) is 0 Å². The van der Waals surface area contributed by atoms with Gasteiger partial charge in [0.15, 0.2) is 0 Å². The molecule has 0 radical (unpaired) electrons. The maximum atomic E-state index is 9.65. The molecule has 0 heterocycles. The Balaban J connectivity index is 1.98. The number of likely N-dealkylation sites (N-methyl/N-ethyl adjacent to an activating group) is 1. The van der Waals surface area contributed by atoms with E-state index in [9.17, 15) is 5.11 Å². The van der Waals surface area contributed by atoms with Gasteiger partial charge in [0.05, 0.1) is 12.1 Å². The third-order valence-electron chi connectivity index (χ3n) is 3.85. The van der Waals surface area contributed by atoms with Gasteiger partial charge in [0, 0.05) is 25.3 Å². The number of benzene rings is 1. The second-order valence-electron chi connectivity index (χ2n) is 6.01. The van der Waals surface area contributed by atoms with E-state index >= 15 is 0 Å². The zero-order valence-corrected chi connectivity index (χ0v) is 12.3. The summed E-state index contributed by atoms with van der Waals surface area (Å²) in [5.74, 6) is 0. The first-order valence-electron chi connectivity index (χ1n) is 7.25. The van der Waals surface area contributed by atoms with Crippen molar-refractivity contribution in [2.24, 2.45) is 0 Å². The Hall–Kier alpha value is -1.06. The molecule has 3 heteroatoms. The van der Waals surface area contributed by atoms with Crippen molar-refractivity contribution in [1.29, 1.82) is 0 Å². The molecule has 2 rings (SSSR count). The summed E-state index contributed by atoms with van der Waals surface area (Å²) in [6.45, 7) is 5.25. The van der Waals surface area contributed by atoms with E-state index in [1.807, 2.05) is 0 Å². The highest BCUT2D eigenvalue weighted by atomic mass is 16.3. The maximum Gasteiger partial charge on any atom is 0.0628 e. The SMILES string of the molecule is CCc1ccc(N(C)CC(C)(CO)NC2CC2)cc1. The van der Waals surface area contributed by atoms with Gasteiger partial charge in [-0.05, 0) is 43.9 Å². The fraction of sp³-hybridized carbons (Fsp3) is 0.625. The van der Waals surface area contributed by atoms with Gasteiger partial charge in [-0.3, -0.25) is 0 Å². The molecule has 0 spiro atoms. The molecule has 2 N–H and O–H groups in total. The van der Waals surface area contributed by atoms with Crippen LogP contribution in [0, 0.1) is 0 Å². The monoisotopic (exact) mass is 262 g/mol. The van der Waals surface area contributed by atoms with Crippen LogP contribution in [0.15, 0.2) is 24.3 Å². The smallest absolute Gasteiger partial charge is 0.0628 e. The molecular weight excluding hydrogens is 236 g/mol. The zero-order chi connectivity index (χ0) is 13.9. The number of nitrogens with one attached hydrogen (secondary N) is 1. The minimum Gasteiger partial charge on any atom is -0.394 e. The fourth-order valence-corrected chi connectivity index (χ4v) is 2.46. The average Bonchev–Trinajstić information content (AvgIpc) is 3.22. The van der Waals surface area contributed by atoms with Gasteiger partial charge in [0.1, 0.15) is 0 Å². The summed E-state index contributed by atoms with van der Waals surface area (Å²) >= 11 is 0. The van der Waals surface area contributed by atoms with Crippen molar-refractivity contribution in [3.63, 3.8) is 0 Å². The van der Waals surface area contributed by atoms with Crippen LogP contribution in [0.25, 0.3) is 0 Å². The van der Waals surface area contributed by atoms with E-state index in [4.69, 9.17) is 0 Å². The Morgan fingerprint density at radius 1 is 1.32 bits per heavy atom. The number of hydrogen-bond donors (Lipinski definition) is 2. The van der Waals surface area contributed by atoms with Gasteiger partial charge in [0.2, 0.25) is 0 Å². The quantitative estimate of drug-likeness (QED) is 0.790. The highest BCUT2D eigenvalue weighted by molar-refractivity contribution is 5.47. The highest BCUT2D eigenvalue weighted by Gasteiger charge is 2.32. The number of anilines is 1. The molecule has 0 bridgehead atoms. The summed E-state index contributed by atoms with van der Waals surface area (Å²) in [7, 11) is 2.09. The first-order chi connectivity index (χ1) is 9.06. The van der Waals surface area contributed by atoms with Crippen LogP contribution in [-0.4, -0.2) is 36.9 Å². The van der Waals surface area contributed by atoms with Crippen molar-refractivity contribution in [1.82, 2.24) is 5.32 Å². The van der Waals surface area contributed by atoms with Crippen LogP contribution >= 0.6 is 0 Å². The lowest BCUT2D eigenvalue weighted by atomic mass is 10.0. The molecule has 1 fully saturated rings. The average molecular weight is 262 g/mol. The lowest BCUT2D eigenvalue weighted by Gasteiger charge is -2.34. The summed E-state index contributed by atoms with van der Waals surface area (Å²) in [4.78, 5) is 2.21. The predicted molar refractivity (Wildman–Crippen MR) is 80.7 cm³/mol. The predicted octanol–water partition coefficient (Wildman–Crippen LogP) is 2.19. The van der Waals surface area contributed by atoms with Crippen LogP contribution < -0.4 is 10.2 Å². The van der Waals surface area contributed by atoms with Gasteiger partial charge in [-0.1, -0.05) is 19.1 Å². The molecule has 1 atom stereocenters. The molecule has 0 aliphatic heterocycles. The number of rotatable bonds is 7. The van der Waals surface area contributed by atoms with Crippen molar-refractivity contribution >= 4 is 5.69 Å². The van der Waals surface area contributed by atoms with Crippen LogP contribution in [0.5, 0.6) is 0 Å². The summed E-state index contributed by atoms with van der Waals surface area (Å²) in [6, 6.07) is 9.28. The second-order valence-corrected chi connectivity index (χ2v) is 6.01. The van der Waals surface area contributed by atoms with E-state index in [1.165, 1.54) is 24.1 Å². The standard InChI is InChI=1S/C16H26N2O/c1-4-13-5-9-15(10-6-13)18(3)11-16(2,12-19)17-14-7-8-14/h5-6,9-10,14,17,19H,4,7-8,11-12H2,1-3H3. The highest BCUT2D eigenvalue weighted by Crippen LogP contribution is 2.24. The molecule has 1 aliphatic carbocycles. The topological polar surface area (TPSA) is 35.5 Å². The zero-order valence-electron chi connectivity index (χ0n) is 12.3. The molecule has 0 aromatic heterocycles. The van der Waals surface area contributed by atoms with E-state index in [1.54, 1.807) is 0 Å². The number of aliphatic hydroxyl groups is 1. The van der Waals surface area contributed by atoms with Gasteiger partial charge in [-0.25, -0.2) is 0 Å². The molecule has 1 aromatic carbocycles. The molecule has 106 valence electrons. The van der Waals surface area contributed by atoms with E-state index in [-0.39, 0.29) is 12.1 Å². The molecule has 1 saturated carbocycles. The van der Waals surface area contributed by atoms with Crippen molar-refractivity contribution < 1.29 is 5.11 Å². The van der Waals surface area contributed by atoms with E-state index in [0.717, 1.165) is 13.0 Å².